The predicted octanol–water partition coefficient (Wildman–Crippen LogP) is 1.86. The van der Waals surface area contributed by atoms with Gasteiger partial charge in [-0.3, -0.25) is 9.69 Å². The molecule has 1 aliphatic heterocycles. The van der Waals surface area contributed by atoms with Crippen LogP contribution in [0.3, 0.4) is 0 Å². The fourth-order valence-electron chi connectivity index (χ4n) is 2.87. The third kappa shape index (κ3) is 5.28. The molecular formula is C20H24N4O4. The van der Waals surface area contributed by atoms with Gasteiger partial charge in [0, 0.05) is 32.4 Å². The minimum Gasteiger partial charge on any atom is -0.465 e. The first-order valence-electron chi connectivity index (χ1n) is 9.16. The number of para-hydroxylation sites is 1. The van der Waals surface area contributed by atoms with Crippen molar-refractivity contribution in [2.75, 3.05) is 57.1 Å². The van der Waals surface area contributed by atoms with Crippen molar-refractivity contribution in [1.82, 2.24) is 9.88 Å². The van der Waals surface area contributed by atoms with E-state index in [-0.39, 0.29) is 5.91 Å². The maximum absolute atomic E-state index is 12.5. The van der Waals surface area contributed by atoms with Crippen molar-refractivity contribution in [3.8, 4) is 0 Å². The topological polar surface area (TPSA) is 92.8 Å². The summed E-state index contributed by atoms with van der Waals surface area (Å²) in [6, 6.07) is 10.2. The molecule has 1 saturated heterocycles. The lowest BCUT2D eigenvalue weighted by molar-refractivity contribution is 0.0398. The van der Waals surface area contributed by atoms with Crippen molar-refractivity contribution in [2.24, 2.45) is 0 Å². The van der Waals surface area contributed by atoms with E-state index in [0.717, 1.165) is 39.4 Å². The van der Waals surface area contributed by atoms with Crippen LogP contribution in [0.4, 0.5) is 11.5 Å². The van der Waals surface area contributed by atoms with Crippen LogP contribution >= 0.6 is 0 Å². The first-order chi connectivity index (χ1) is 13.7. The number of carbonyl (C=O) groups excluding carboxylic acids is 2. The summed E-state index contributed by atoms with van der Waals surface area (Å²) in [6.45, 7) is 5.13. The van der Waals surface area contributed by atoms with Crippen LogP contribution in [0.5, 0.6) is 0 Å². The fraction of sp³-hybridized carbons (Fsp3) is 0.350. The number of benzene rings is 1. The summed E-state index contributed by atoms with van der Waals surface area (Å²) in [5.41, 5.74) is 1.10. The van der Waals surface area contributed by atoms with Crippen LogP contribution in [-0.4, -0.2) is 68.3 Å². The Labute approximate surface area is 163 Å². The molecule has 0 spiro atoms. The average molecular weight is 384 g/mol. The van der Waals surface area contributed by atoms with Crippen molar-refractivity contribution in [3.05, 3.63) is 53.7 Å². The van der Waals surface area contributed by atoms with Gasteiger partial charge < -0.3 is 20.1 Å². The Bertz CT molecular complexity index is 804. The first-order valence-corrected chi connectivity index (χ1v) is 9.16. The molecule has 2 heterocycles. The van der Waals surface area contributed by atoms with Crippen LogP contribution in [0, 0.1) is 0 Å². The molecule has 0 aliphatic carbocycles. The second-order valence-electron chi connectivity index (χ2n) is 6.30. The number of hydrogen-bond acceptors (Lipinski definition) is 7. The molecular weight excluding hydrogens is 360 g/mol. The molecule has 28 heavy (non-hydrogen) atoms. The summed E-state index contributed by atoms with van der Waals surface area (Å²) >= 11 is 0. The molecule has 1 aromatic carbocycles. The Morgan fingerprint density at radius 2 is 1.96 bits per heavy atom. The number of ether oxygens (including phenoxy) is 2. The maximum Gasteiger partial charge on any atom is 0.339 e. The lowest BCUT2D eigenvalue weighted by Crippen LogP contribution is -2.39. The highest BCUT2D eigenvalue weighted by Crippen LogP contribution is 2.17. The van der Waals surface area contributed by atoms with Crippen LogP contribution in [0.15, 0.2) is 42.6 Å². The van der Waals surface area contributed by atoms with Gasteiger partial charge in [-0.15, -0.1) is 0 Å². The normalized spacial score (nSPS) is 14.3. The zero-order chi connectivity index (χ0) is 19.8. The summed E-state index contributed by atoms with van der Waals surface area (Å²) < 4.78 is 10.1. The second kappa shape index (κ2) is 9.82. The molecule has 2 N–H and O–H groups in total. The second-order valence-corrected chi connectivity index (χ2v) is 6.30. The number of esters is 1. The lowest BCUT2D eigenvalue weighted by Gasteiger charge is -2.26. The number of aromatic nitrogens is 1. The Morgan fingerprint density at radius 3 is 2.68 bits per heavy atom. The first kappa shape index (κ1) is 19.8. The van der Waals surface area contributed by atoms with Crippen molar-refractivity contribution >= 4 is 23.4 Å². The summed E-state index contributed by atoms with van der Waals surface area (Å²) in [4.78, 5) is 30.9. The Kier molecular flexibility index (Phi) is 6.94. The largest absolute Gasteiger partial charge is 0.465 e. The highest BCUT2D eigenvalue weighted by Gasteiger charge is 2.14. The third-order valence-corrected chi connectivity index (χ3v) is 4.44. The smallest absolute Gasteiger partial charge is 0.339 e. The molecule has 8 nitrogen and oxygen atoms in total. The average Bonchev–Trinajstić information content (AvgIpc) is 2.75. The third-order valence-electron chi connectivity index (χ3n) is 4.44. The van der Waals surface area contributed by atoms with Crippen molar-refractivity contribution < 1.29 is 19.1 Å². The van der Waals surface area contributed by atoms with Gasteiger partial charge in [-0.05, 0) is 24.3 Å². The van der Waals surface area contributed by atoms with Gasteiger partial charge in [0.25, 0.3) is 5.91 Å². The van der Waals surface area contributed by atoms with Gasteiger partial charge in [0.15, 0.2) is 0 Å². The number of pyridine rings is 1. The Morgan fingerprint density at radius 1 is 1.18 bits per heavy atom. The minimum atomic E-state index is -0.506. The van der Waals surface area contributed by atoms with E-state index >= 15 is 0 Å². The van der Waals surface area contributed by atoms with Crippen LogP contribution in [0.1, 0.15) is 20.7 Å². The maximum atomic E-state index is 12.5. The quantitative estimate of drug-likeness (QED) is 0.704. The number of nitrogens with one attached hydrogen (secondary N) is 2. The number of amides is 1. The highest BCUT2D eigenvalue weighted by atomic mass is 16.5. The molecule has 0 atom stereocenters. The SMILES string of the molecule is COC(=O)c1ccccc1NC(=O)c1ccc(NCCN2CCOCC2)nc1. The summed E-state index contributed by atoms with van der Waals surface area (Å²) in [5.74, 6) is -0.141. The van der Waals surface area contributed by atoms with Crippen molar-refractivity contribution in [1.29, 1.82) is 0 Å². The van der Waals surface area contributed by atoms with Gasteiger partial charge >= 0.3 is 5.97 Å². The molecule has 3 rings (SSSR count). The van der Waals surface area contributed by atoms with Crippen LogP contribution < -0.4 is 10.6 Å². The van der Waals surface area contributed by atoms with Crippen LogP contribution in [0.25, 0.3) is 0 Å². The van der Waals surface area contributed by atoms with Gasteiger partial charge in [-0.2, -0.15) is 0 Å². The van der Waals surface area contributed by atoms with E-state index in [1.807, 2.05) is 0 Å². The van der Waals surface area contributed by atoms with Gasteiger partial charge in [-0.1, -0.05) is 12.1 Å². The zero-order valence-corrected chi connectivity index (χ0v) is 15.8. The number of anilines is 2. The fourth-order valence-corrected chi connectivity index (χ4v) is 2.87. The van der Waals surface area contributed by atoms with Gasteiger partial charge in [0.05, 0.1) is 37.1 Å². The summed E-state index contributed by atoms with van der Waals surface area (Å²) in [5, 5.41) is 5.98. The Balaban J connectivity index is 1.54. The van der Waals surface area contributed by atoms with E-state index in [1.165, 1.54) is 13.3 Å². The van der Waals surface area contributed by atoms with E-state index in [0.29, 0.717) is 22.6 Å². The molecule has 1 aliphatic rings. The summed E-state index contributed by atoms with van der Waals surface area (Å²) in [7, 11) is 1.30. The molecule has 0 radical (unpaired) electrons. The predicted molar refractivity (Wildman–Crippen MR) is 106 cm³/mol. The molecule has 0 saturated carbocycles. The molecule has 0 bridgehead atoms. The molecule has 1 aromatic heterocycles. The molecule has 8 heteroatoms. The van der Waals surface area contributed by atoms with E-state index in [2.05, 4.69) is 20.5 Å². The molecule has 1 fully saturated rings. The van der Waals surface area contributed by atoms with Gasteiger partial charge in [-0.25, -0.2) is 9.78 Å². The minimum absolute atomic E-state index is 0.299. The molecule has 1 amide bonds. The van der Waals surface area contributed by atoms with Crippen molar-refractivity contribution in [3.63, 3.8) is 0 Å². The van der Waals surface area contributed by atoms with Crippen molar-refractivity contribution in [2.45, 2.75) is 0 Å². The van der Waals surface area contributed by atoms with Gasteiger partial charge in [0.1, 0.15) is 5.82 Å². The van der Waals surface area contributed by atoms with Crippen LogP contribution in [-0.2, 0) is 9.47 Å². The van der Waals surface area contributed by atoms with E-state index in [1.54, 1.807) is 36.4 Å². The van der Waals surface area contributed by atoms with E-state index in [4.69, 9.17) is 9.47 Å². The Hall–Kier alpha value is -2.97. The van der Waals surface area contributed by atoms with E-state index in [9.17, 15) is 9.59 Å². The molecule has 0 unspecified atom stereocenters. The number of rotatable bonds is 7. The molecule has 2 aromatic rings. The monoisotopic (exact) mass is 384 g/mol. The van der Waals surface area contributed by atoms with Gasteiger partial charge in [0.2, 0.25) is 0 Å². The number of methoxy groups -OCH3 is 1. The lowest BCUT2D eigenvalue weighted by atomic mass is 10.1. The number of hydrogen-bond donors (Lipinski definition) is 2. The standard InChI is InChI=1S/C20H24N4O4/c1-27-20(26)16-4-2-3-5-17(16)23-19(25)15-6-7-18(22-14-15)21-8-9-24-10-12-28-13-11-24/h2-7,14H,8-13H2,1H3,(H,21,22)(H,23,25). The number of carbonyl (C=O) groups is 2. The highest BCUT2D eigenvalue weighted by molar-refractivity contribution is 6.07. The zero-order valence-electron chi connectivity index (χ0n) is 15.8. The number of nitrogens with zero attached hydrogens (tertiary/aromatic N) is 2. The number of morpholine rings is 1. The molecule has 148 valence electrons. The summed E-state index contributed by atoms with van der Waals surface area (Å²) in [6.07, 6.45) is 1.51. The van der Waals surface area contributed by atoms with Crippen LogP contribution in [0.2, 0.25) is 0 Å². The van der Waals surface area contributed by atoms with E-state index < -0.39 is 5.97 Å².